The molecule has 2 aromatic heterocycles. The third kappa shape index (κ3) is 1.52. The summed E-state index contributed by atoms with van der Waals surface area (Å²) in [5.74, 6) is 1.32. The van der Waals surface area contributed by atoms with Crippen LogP contribution in [-0.2, 0) is 4.79 Å². The first kappa shape index (κ1) is 9.26. The first-order valence-electron chi connectivity index (χ1n) is 5.18. The van der Waals surface area contributed by atoms with Crippen LogP contribution in [0.2, 0.25) is 0 Å². The second-order valence-electron chi connectivity index (χ2n) is 3.85. The van der Waals surface area contributed by atoms with Crippen molar-refractivity contribution in [3.8, 4) is 11.6 Å². The van der Waals surface area contributed by atoms with Gasteiger partial charge in [0.2, 0.25) is 5.82 Å². The van der Waals surface area contributed by atoms with Crippen molar-refractivity contribution >= 4 is 5.78 Å². The van der Waals surface area contributed by atoms with Crippen molar-refractivity contribution < 1.29 is 9.21 Å². The molecule has 0 saturated heterocycles. The second-order valence-corrected chi connectivity index (χ2v) is 3.85. The third-order valence-electron chi connectivity index (χ3n) is 2.72. The minimum absolute atomic E-state index is 0.0590. The molecule has 0 amide bonds. The van der Waals surface area contributed by atoms with E-state index in [1.807, 2.05) is 0 Å². The van der Waals surface area contributed by atoms with E-state index in [2.05, 4.69) is 15.4 Å². The molecular formula is C10H10N4O2. The van der Waals surface area contributed by atoms with E-state index in [0.29, 0.717) is 24.4 Å². The van der Waals surface area contributed by atoms with Gasteiger partial charge < -0.3 is 4.42 Å². The molecule has 0 radical (unpaired) electrons. The van der Waals surface area contributed by atoms with Crippen LogP contribution < -0.4 is 0 Å². The number of Topliss-reactive ketones (excluding diaryl/α,β-unsaturated/α-hetero) is 1. The first-order valence-corrected chi connectivity index (χ1v) is 5.18. The highest BCUT2D eigenvalue weighted by molar-refractivity contribution is 5.80. The van der Waals surface area contributed by atoms with Crippen LogP contribution in [0.1, 0.15) is 25.3 Å². The second kappa shape index (κ2) is 3.55. The average molecular weight is 218 g/mol. The first-order chi connectivity index (χ1) is 7.83. The normalized spacial score (nSPS) is 20.5. The van der Waals surface area contributed by atoms with Gasteiger partial charge in [0.05, 0.1) is 12.3 Å². The minimum Gasteiger partial charge on any atom is -0.461 e. The molecule has 1 atom stereocenters. The Hall–Kier alpha value is -1.98. The Morgan fingerprint density at radius 1 is 1.50 bits per heavy atom. The molecule has 1 saturated carbocycles. The van der Waals surface area contributed by atoms with Crippen LogP contribution in [0.25, 0.3) is 11.6 Å². The van der Waals surface area contributed by atoms with E-state index in [0.717, 1.165) is 6.42 Å². The number of nitrogens with zero attached hydrogens (tertiary/aromatic N) is 4. The SMILES string of the molecule is O=C1CCC(n2nnc(-c3ccco3)n2)C1. The molecule has 0 aliphatic heterocycles. The Labute approximate surface area is 91.2 Å². The molecule has 0 N–H and O–H groups in total. The largest absolute Gasteiger partial charge is 0.461 e. The van der Waals surface area contributed by atoms with E-state index >= 15 is 0 Å². The third-order valence-corrected chi connectivity index (χ3v) is 2.72. The highest BCUT2D eigenvalue weighted by atomic mass is 16.3. The number of rotatable bonds is 2. The van der Waals surface area contributed by atoms with Gasteiger partial charge in [-0.3, -0.25) is 4.79 Å². The number of carbonyl (C=O) groups excluding carboxylic acids is 1. The summed E-state index contributed by atoms with van der Waals surface area (Å²) >= 11 is 0. The number of aromatic nitrogens is 4. The van der Waals surface area contributed by atoms with E-state index in [1.165, 1.54) is 4.80 Å². The molecule has 3 rings (SSSR count). The molecule has 2 heterocycles. The fraction of sp³-hybridized carbons (Fsp3) is 0.400. The van der Waals surface area contributed by atoms with Crippen LogP contribution >= 0.6 is 0 Å². The molecular weight excluding hydrogens is 208 g/mol. The zero-order valence-electron chi connectivity index (χ0n) is 8.54. The summed E-state index contributed by atoms with van der Waals surface area (Å²) in [6, 6.07) is 3.61. The van der Waals surface area contributed by atoms with Gasteiger partial charge >= 0.3 is 0 Å². The molecule has 0 spiro atoms. The summed E-state index contributed by atoms with van der Waals surface area (Å²) in [7, 11) is 0. The lowest BCUT2D eigenvalue weighted by Crippen LogP contribution is -2.09. The van der Waals surface area contributed by atoms with E-state index in [-0.39, 0.29) is 11.8 Å². The monoisotopic (exact) mass is 218 g/mol. The van der Waals surface area contributed by atoms with E-state index < -0.39 is 0 Å². The zero-order valence-corrected chi connectivity index (χ0v) is 8.54. The fourth-order valence-corrected chi connectivity index (χ4v) is 1.88. The van der Waals surface area contributed by atoms with Gasteiger partial charge in [-0.15, -0.1) is 10.2 Å². The predicted molar refractivity (Wildman–Crippen MR) is 53.4 cm³/mol. The zero-order chi connectivity index (χ0) is 11.0. The molecule has 1 fully saturated rings. The van der Waals surface area contributed by atoms with Gasteiger partial charge in [-0.25, -0.2) is 0 Å². The summed E-state index contributed by atoms with van der Waals surface area (Å²) in [4.78, 5) is 12.7. The summed E-state index contributed by atoms with van der Waals surface area (Å²) in [5.41, 5.74) is 0. The summed E-state index contributed by atoms with van der Waals surface area (Å²) in [6.45, 7) is 0. The minimum atomic E-state index is 0.0590. The van der Waals surface area contributed by atoms with Gasteiger partial charge in [-0.1, -0.05) is 0 Å². The highest BCUT2D eigenvalue weighted by Crippen LogP contribution is 2.25. The number of tetrazole rings is 1. The Morgan fingerprint density at radius 3 is 3.12 bits per heavy atom. The van der Waals surface area contributed by atoms with Crippen LogP contribution in [0.4, 0.5) is 0 Å². The van der Waals surface area contributed by atoms with Gasteiger partial charge in [0, 0.05) is 12.8 Å². The Bertz CT molecular complexity index is 503. The van der Waals surface area contributed by atoms with Crippen molar-refractivity contribution in [1.29, 1.82) is 0 Å². The molecule has 82 valence electrons. The van der Waals surface area contributed by atoms with Crippen molar-refractivity contribution in [2.75, 3.05) is 0 Å². The molecule has 1 unspecified atom stereocenters. The van der Waals surface area contributed by atoms with Gasteiger partial charge in [-0.2, -0.15) is 4.80 Å². The fourth-order valence-electron chi connectivity index (χ4n) is 1.88. The predicted octanol–water partition coefficient (Wildman–Crippen LogP) is 1.23. The van der Waals surface area contributed by atoms with E-state index in [4.69, 9.17) is 4.42 Å². The molecule has 2 aromatic rings. The molecule has 6 heteroatoms. The highest BCUT2D eigenvalue weighted by Gasteiger charge is 2.26. The summed E-state index contributed by atoms with van der Waals surface area (Å²) < 4.78 is 5.17. The summed E-state index contributed by atoms with van der Waals surface area (Å²) in [6.07, 6.45) is 3.48. The van der Waals surface area contributed by atoms with Gasteiger partial charge in [-0.05, 0) is 23.8 Å². The van der Waals surface area contributed by atoms with Crippen molar-refractivity contribution in [3.63, 3.8) is 0 Å². The quantitative estimate of drug-likeness (QED) is 0.757. The maximum Gasteiger partial charge on any atom is 0.240 e. The van der Waals surface area contributed by atoms with Crippen molar-refractivity contribution in [2.45, 2.75) is 25.3 Å². The van der Waals surface area contributed by atoms with Crippen LogP contribution in [-0.4, -0.2) is 26.0 Å². The topological polar surface area (TPSA) is 73.8 Å². The van der Waals surface area contributed by atoms with Crippen LogP contribution in [0.15, 0.2) is 22.8 Å². The van der Waals surface area contributed by atoms with Crippen LogP contribution in [0.3, 0.4) is 0 Å². The maximum atomic E-state index is 11.2. The number of carbonyl (C=O) groups is 1. The van der Waals surface area contributed by atoms with Gasteiger partial charge in [0.25, 0.3) is 0 Å². The van der Waals surface area contributed by atoms with Crippen LogP contribution in [0, 0.1) is 0 Å². The number of hydrogen-bond donors (Lipinski definition) is 0. The Kier molecular flexibility index (Phi) is 2.05. The van der Waals surface area contributed by atoms with E-state index in [9.17, 15) is 4.79 Å². The van der Waals surface area contributed by atoms with Crippen molar-refractivity contribution in [1.82, 2.24) is 20.2 Å². The number of ketones is 1. The molecule has 1 aliphatic carbocycles. The van der Waals surface area contributed by atoms with E-state index in [1.54, 1.807) is 18.4 Å². The molecule has 6 nitrogen and oxygen atoms in total. The lowest BCUT2D eigenvalue weighted by molar-refractivity contribution is -0.117. The summed E-state index contributed by atoms with van der Waals surface area (Å²) in [5, 5.41) is 12.1. The smallest absolute Gasteiger partial charge is 0.240 e. The molecule has 0 aromatic carbocycles. The lowest BCUT2D eigenvalue weighted by Gasteiger charge is -2.03. The Balaban J connectivity index is 1.85. The number of hydrogen-bond acceptors (Lipinski definition) is 5. The maximum absolute atomic E-state index is 11.2. The molecule has 1 aliphatic rings. The Morgan fingerprint density at radius 2 is 2.44 bits per heavy atom. The molecule has 0 bridgehead atoms. The van der Waals surface area contributed by atoms with Crippen molar-refractivity contribution in [2.24, 2.45) is 0 Å². The molecule has 16 heavy (non-hydrogen) atoms. The van der Waals surface area contributed by atoms with Crippen molar-refractivity contribution in [3.05, 3.63) is 18.4 Å². The van der Waals surface area contributed by atoms with Crippen LogP contribution in [0.5, 0.6) is 0 Å². The number of furan rings is 1. The van der Waals surface area contributed by atoms with Gasteiger partial charge in [0.15, 0.2) is 5.76 Å². The lowest BCUT2D eigenvalue weighted by atomic mass is 10.3. The van der Waals surface area contributed by atoms with Gasteiger partial charge in [0.1, 0.15) is 5.78 Å². The average Bonchev–Trinajstić information content (AvgIpc) is 2.97. The standard InChI is InChI=1S/C10H10N4O2/c15-8-4-3-7(6-8)14-12-10(11-13-14)9-2-1-5-16-9/h1-2,5,7H,3-4,6H2.